The molecule has 2 aliphatic carbocycles. The van der Waals surface area contributed by atoms with E-state index in [2.05, 4.69) is 10.2 Å². The molecule has 1 N–H and O–H groups in total. The second-order valence-corrected chi connectivity index (χ2v) is 8.25. The fourth-order valence-corrected chi connectivity index (χ4v) is 4.11. The molecule has 2 saturated carbocycles. The van der Waals surface area contributed by atoms with E-state index in [9.17, 15) is 4.79 Å². The molecule has 0 spiro atoms. The third-order valence-corrected chi connectivity index (χ3v) is 5.91. The number of nitrogens with zero attached hydrogens (tertiary/aromatic N) is 2. The summed E-state index contributed by atoms with van der Waals surface area (Å²) in [7, 11) is 0. The van der Waals surface area contributed by atoms with Crippen molar-refractivity contribution in [1.82, 2.24) is 15.1 Å². The highest BCUT2D eigenvalue weighted by molar-refractivity contribution is 5.74. The Morgan fingerprint density at radius 1 is 0.920 bits per heavy atom. The van der Waals surface area contributed by atoms with Crippen molar-refractivity contribution in [1.29, 1.82) is 0 Å². The molecule has 5 heteroatoms. The van der Waals surface area contributed by atoms with Crippen LogP contribution in [-0.2, 0) is 4.74 Å². The van der Waals surface area contributed by atoms with Crippen molar-refractivity contribution in [2.24, 2.45) is 11.8 Å². The molecule has 2 amide bonds. The van der Waals surface area contributed by atoms with E-state index >= 15 is 0 Å². The van der Waals surface area contributed by atoms with Gasteiger partial charge in [0.15, 0.2) is 0 Å². The van der Waals surface area contributed by atoms with Crippen LogP contribution in [-0.4, -0.2) is 68.3 Å². The monoisotopic (exact) mass is 351 g/mol. The molecule has 3 aliphatic rings. The summed E-state index contributed by atoms with van der Waals surface area (Å²) in [5, 5.41) is 3.07. The Bertz CT molecular complexity index is 394. The zero-order valence-corrected chi connectivity index (χ0v) is 15.9. The summed E-state index contributed by atoms with van der Waals surface area (Å²) in [6, 6.07) is 0.113. The van der Waals surface area contributed by atoms with Gasteiger partial charge in [-0.2, -0.15) is 0 Å². The van der Waals surface area contributed by atoms with Crippen LogP contribution in [0.2, 0.25) is 0 Å². The number of hydrogen-bond acceptors (Lipinski definition) is 3. The first kappa shape index (κ1) is 19.0. The smallest absolute Gasteiger partial charge is 0.317 e. The highest BCUT2D eigenvalue weighted by Gasteiger charge is 2.22. The highest BCUT2D eigenvalue weighted by Crippen LogP contribution is 2.28. The Balaban J connectivity index is 1.26. The Morgan fingerprint density at radius 2 is 1.76 bits per heavy atom. The Hall–Kier alpha value is -0.810. The standard InChI is InChI=1S/C20H37N3O2/c24-20(21-10-4-15-25-17-19-8-9-19)23-12-5-11-22(13-14-23)16-18-6-2-1-3-7-18/h18-19H,1-17H2,(H,21,24). The molecule has 0 aromatic heterocycles. The molecule has 0 aromatic carbocycles. The van der Waals surface area contributed by atoms with Crippen molar-refractivity contribution in [2.75, 3.05) is 52.5 Å². The fraction of sp³-hybridized carbons (Fsp3) is 0.950. The number of carbonyl (C=O) groups excluding carboxylic acids is 1. The van der Waals surface area contributed by atoms with Crippen molar-refractivity contribution >= 4 is 6.03 Å². The van der Waals surface area contributed by atoms with Crippen molar-refractivity contribution in [3.8, 4) is 0 Å². The maximum absolute atomic E-state index is 12.4. The number of amides is 2. The van der Waals surface area contributed by atoms with Gasteiger partial charge in [-0.25, -0.2) is 4.79 Å². The maximum atomic E-state index is 12.4. The van der Waals surface area contributed by atoms with E-state index in [1.165, 1.54) is 51.5 Å². The summed E-state index contributed by atoms with van der Waals surface area (Å²) in [5.41, 5.74) is 0. The highest BCUT2D eigenvalue weighted by atomic mass is 16.5. The van der Waals surface area contributed by atoms with Crippen LogP contribution in [0.15, 0.2) is 0 Å². The summed E-state index contributed by atoms with van der Waals surface area (Å²) in [4.78, 5) is 17.0. The fourth-order valence-electron chi connectivity index (χ4n) is 4.11. The van der Waals surface area contributed by atoms with Gasteiger partial charge in [0, 0.05) is 45.9 Å². The summed E-state index contributed by atoms with van der Waals surface area (Å²) in [6.45, 7) is 7.61. The van der Waals surface area contributed by atoms with E-state index < -0.39 is 0 Å². The van der Waals surface area contributed by atoms with Crippen LogP contribution >= 0.6 is 0 Å². The predicted octanol–water partition coefficient (Wildman–Crippen LogP) is 3.10. The number of nitrogens with one attached hydrogen (secondary N) is 1. The first-order valence-electron chi connectivity index (χ1n) is 10.6. The van der Waals surface area contributed by atoms with E-state index in [1.54, 1.807) is 0 Å². The third kappa shape index (κ3) is 7.14. The normalized spacial score (nSPS) is 23.4. The van der Waals surface area contributed by atoms with Crippen molar-refractivity contribution < 1.29 is 9.53 Å². The second kappa shape index (κ2) is 10.4. The molecule has 0 bridgehead atoms. The summed E-state index contributed by atoms with van der Waals surface area (Å²) < 4.78 is 5.62. The number of ether oxygens (including phenoxy) is 1. The van der Waals surface area contributed by atoms with E-state index in [4.69, 9.17) is 4.74 Å². The van der Waals surface area contributed by atoms with Crippen LogP contribution in [0.25, 0.3) is 0 Å². The van der Waals surface area contributed by atoms with Crippen LogP contribution in [0.3, 0.4) is 0 Å². The van der Waals surface area contributed by atoms with Gasteiger partial charge in [-0.15, -0.1) is 0 Å². The van der Waals surface area contributed by atoms with Gasteiger partial charge in [0.05, 0.1) is 0 Å². The van der Waals surface area contributed by atoms with Gasteiger partial charge in [0.25, 0.3) is 0 Å². The van der Waals surface area contributed by atoms with Gasteiger partial charge < -0.3 is 19.9 Å². The first-order valence-corrected chi connectivity index (χ1v) is 10.6. The lowest BCUT2D eigenvalue weighted by Gasteiger charge is -2.28. The topological polar surface area (TPSA) is 44.8 Å². The molecule has 0 unspecified atom stereocenters. The molecule has 144 valence electrons. The largest absolute Gasteiger partial charge is 0.381 e. The van der Waals surface area contributed by atoms with E-state index in [0.29, 0.717) is 0 Å². The Kier molecular flexibility index (Phi) is 7.86. The summed E-state index contributed by atoms with van der Waals surface area (Å²) >= 11 is 0. The van der Waals surface area contributed by atoms with Gasteiger partial charge in [-0.1, -0.05) is 19.3 Å². The maximum Gasteiger partial charge on any atom is 0.317 e. The Labute approximate surface area is 153 Å². The summed E-state index contributed by atoms with van der Waals surface area (Å²) in [5.74, 6) is 1.72. The number of urea groups is 1. The van der Waals surface area contributed by atoms with E-state index in [1.807, 2.05) is 4.90 Å². The molecular formula is C20H37N3O2. The SMILES string of the molecule is O=C(NCCCOCC1CC1)N1CCCN(CC2CCCCC2)CC1. The van der Waals surface area contributed by atoms with Crippen LogP contribution in [0, 0.1) is 11.8 Å². The second-order valence-electron chi connectivity index (χ2n) is 8.25. The van der Waals surface area contributed by atoms with Crippen molar-refractivity contribution in [2.45, 2.75) is 57.8 Å². The zero-order valence-electron chi connectivity index (χ0n) is 15.9. The third-order valence-electron chi connectivity index (χ3n) is 5.91. The molecule has 0 atom stereocenters. The minimum absolute atomic E-state index is 0.113. The molecule has 1 aliphatic heterocycles. The lowest BCUT2D eigenvalue weighted by atomic mass is 9.89. The molecule has 0 radical (unpaired) electrons. The summed E-state index contributed by atoms with van der Waals surface area (Å²) in [6.07, 6.45) is 11.8. The van der Waals surface area contributed by atoms with E-state index in [0.717, 1.165) is 70.6 Å². The molecule has 3 rings (SSSR count). The average Bonchev–Trinajstić information content (AvgIpc) is 3.46. The predicted molar refractivity (Wildman–Crippen MR) is 101 cm³/mol. The van der Waals surface area contributed by atoms with Crippen molar-refractivity contribution in [3.63, 3.8) is 0 Å². The van der Waals surface area contributed by atoms with Crippen molar-refractivity contribution in [3.05, 3.63) is 0 Å². The molecule has 25 heavy (non-hydrogen) atoms. The number of rotatable bonds is 8. The van der Waals surface area contributed by atoms with Gasteiger partial charge >= 0.3 is 6.03 Å². The lowest BCUT2D eigenvalue weighted by molar-refractivity contribution is 0.121. The molecule has 0 aromatic rings. The van der Waals surface area contributed by atoms with Crippen LogP contribution in [0.1, 0.15) is 57.8 Å². The minimum atomic E-state index is 0.113. The zero-order chi connectivity index (χ0) is 17.3. The number of hydrogen-bond donors (Lipinski definition) is 1. The van der Waals surface area contributed by atoms with Crippen LogP contribution in [0.4, 0.5) is 4.79 Å². The minimum Gasteiger partial charge on any atom is -0.381 e. The molecule has 1 heterocycles. The quantitative estimate of drug-likeness (QED) is 0.684. The van der Waals surface area contributed by atoms with Gasteiger partial charge in [0.1, 0.15) is 0 Å². The van der Waals surface area contributed by atoms with Crippen LogP contribution < -0.4 is 5.32 Å². The molecule has 5 nitrogen and oxygen atoms in total. The lowest BCUT2D eigenvalue weighted by Crippen LogP contribution is -2.42. The van der Waals surface area contributed by atoms with E-state index in [-0.39, 0.29) is 6.03 Å². The van der Waals surface area contributed by atoms with Crippen LogP contribution in [0.5, 0.6) is 0 Å². The molecule has 1 saturated heterocycles. The van der Waals surface area contributed by atoms with Gasteiger partial charge in [-0.3, -0.25) is 0 Å². The molecular weight excluding hydrogens is 314 g/mol. The Morgan fingerprint density at radius 3 is 2.56 bits per heavy atom. The van der Waals surface area contributed by atoms with Gasteiger partial charge in [-0.05, 0) is 56.9 Å². The first-order chi connectivity index (χ1) is 12.3. The molecule has 3 fully saturated rings. The number of carbonyl (C=O) groups is 1. The average molecular weight is 352 g/mol. The van der Waals surface area contributed by atoms with Gasteiger partial charge in [0.2, 0.25) is 0 Å².